The third kappa shape index (κ3) is 4.52. The number of benzene rings is 1. The molecule has 0 amide bonds. The summed E-state index contributed by atoms with van der Waals surface area (Å²) >= 11 is 0. The first-order chi connectivity index (χ1) is 15.2. The molecule has 174 valence electrons. The maximum absolute atomic E-state index is 13.3. The molecule has 1 fully saturated rings. The van der Waals surface area contributed by atoms with E-state index in [0.717, 1.165) is 24.4 Å². The van der Waals surface area contributed by atoms with E-state index in [1.807, 2.05) is 18.4 Å². The topological polar surface area (TPSA) is 91.7 Å². The highest BCUT2D eigenvalue weighted by Crippen LogP contribution is 2.41. The zero-order valence-electron chi connectivity index (χ0n) is 18.9. The van der Waals surface area contributed by atoms with Crippen LogP contribution in [0.1, 0.15) is 53.8 Å². The van der Waals surface area contributed by atoms with Gasteiger partial charge in [0, 0.05) is 37.2 Å². The van der Waals surface area contributed by atoms with Crippen molar-refractivity contribution in [1.82, 2.24) is 4.57 Å². The molecule has 1 aliphatic rings. The van der Waals surface area contributed by atoms with Gasteiger partial charge < -0.3 is 14.0 Å². The summed E-state index contributed by atoms with van der Waals surface area (Å²) in [6.45, 7) is 4.63. The Morgan fingerprint density at radius 2 is 1.75 bits per heavy atom. The summed E-state index contributed by atoms with van der Waals surface area (Å²) in [5.74, 6) is -1.17. The normalized spacial score (nSPS) is 15.6. The molecule has 2 aromatic rings. The predicted octanol–water partition coefficient (Wildman–Crippen LogP) is 3.65. The van der Waals surface area contributed by atoms with Gasteiger partial charge in [0.25, 0.3) is 0 Å². The van der Waals surface area contributed by atoms with E-state index in [-0.39, 0.29) is 23.5 Å². The van der Waals surface area contributed by atoms with Gasteiger partial charge in [-0.25, -0.2) is 8.42 Å². The van der Waals surface area contributed by atoms with E-state index in [1.165, 1.54) is 12.1 Å². The number of hydrogen-bond donors (Lipinski definition) is 0. The number of rotatable bonds is 10. The van der Waals surface area contributed by atoms with Crippen LogP contribution in [0.25, 0.3) is 0 Å². The van der Waals surface area contributed by atoms with Crippen molar-refractivity contribution < 1.29 is 27.5 Å². The van der Waals surface area contributed by atoms with E-state index >= 15 is 0 Å². The fraction of sp³-hybridized carbons (Fsp3) is 0.500. The molecule has 0 saturated heterocycles. The van der Waals surface area contributed by atoms with Crippen LogP contribution >= 0.6 is 0 Å². The second-order valence-corrected chi connectivity index (χ2v) is 10.6. The minimum absolute atomic E-state index is 0.102. The molecule has 0 atom stereocenters. The van der Waals surface area contributed by atoms with E-state index in [1.54, 1.807) is 31.4 Å². The molecule has 0 aliphatic heterocycles. The van der Waals surface area contributed by atoms with E-state index in [4.69, 9.17) is 9.47 Å². The van der Waals surface area contributed by atoms with Crippen molar-refractivity contribution >= 4 is 21.6 Å². The lowest BCUT2D eigenvalue weighted by atomic mass is 10.1. The number of sulfone groups is 1. The number of ketones is 1. The van der Waals surface area contributed by atoms with Crippen LogP contribution in [0.15, 0.2) is 41.3 Å². The molecule has 0 unspecified atom stereocenters. The lowest BCUT2D eigenvalue weighted by molar-refractivity contribution is -0.145. The molecule has 1 aromatic carbocycles. The number of methoxy groups -OCH3 is 1. The Hall–Kier alpha value is -2.45. The number of carbonyl (C=O) groups excluding carboxylic acids is 2. The minimum atomic E-state index is -3.94. The van der Waals surface area contributed by atoms with E-state index in [0.29, 0.717) is 25.0 Å². The van der Waals surface area contributed by atoms with Crippen molar-refractivity contribution in [1.29, 1.82) is 0 Å². The Morgan fingerprint density at radius 3 is 2.38 bits per heavy atom. The molecular weight excluding hydrogens is 430 g/mol. The van der Waals surface area contributed by atoms with Crippen molar-refractivity contribution in [3.63, 3.8) is 0 Å². The third-order valence-electron chi connectivity index (χ3n) is 6.29. The molecule has 8 heteroatoms. The Balaban J connectivity index is 1.75. The summed E-state index contributed by atoms with van der Waals surface area (Å²) in [5, 5.41) is 0. The molecule has 1 aromatic heterocycles. The molecule has 1 saturated carbocycles. The number of hydrogen-bond acceptors (Lipinski definition) is 6. The second-order valence-electron chi connectivity index (χ2n) is 8.30. The molecule has 7 nitrogen and oxygen atoms in total. The summed E-state index contributed by atoms with van der Waals surface area (Å²) in [7, 11) is -2.29. The van der Waals surface area contributed by atoms with Gasteiger partial charge in [-0.2, -0.15) is 0 Å². The molecule has 0 radical (unpaired) electrons. The molecule has 1 heterocycles. The highest BCUT2D eigenvalue weighted by atomic mass is 32.2. The Kier molecular flexibility index (Phi) is 7.56. The fourth-order valence-electron chi connectivity index (χ4n) is 4.49. The highest BCUT2D eigenvalue weighted by molar-refractivity contribution is 7.93. The van der Waals surface area contributed by atoms with E-state index in [9.17, 15) is 18.0 Å². The smallest absolute Gasteiger partial charge is 0.328 e. The summed E-state index contributed by atoms with van der Waals surface area (Å²) in [4.78, 5) is 26.0. The SMILES string of the molecule is COCCCn1c(C)cc(C(=O)COC(=O)C2(S(=O)(=O)c3ccccc3)CCCC2)c1C. The zero-order valence-corrected chi connectivity index (χ0v) is 19.7. The number of carbonyl (C=O) groups is 2. The van der Waals surface area contributed by atoms with Crippen LogP contribution in [0.2, 0.25) is 0 Å². The maximum atomic E-state index is 13.3. The summed E-state index contributed by atoms with van der Waals surface area (Å²) < 4.78 is 37.5. The average Bonchev–Trinajstić information content (AvgIpc) is 3.40. The van der Waals surface area contributed by atoms with Gasteiger partial charge in [0.1, 0.15) is 0 Å². The quantitative estimate of drug-likeness (QED) is 0.305. The van der Waals surface area contributed by atoms with Gasteiger partial charge in [-0.3, -0.25) is 9.59 Å². The summed E-state index contributed by atoms with van der Waals surface area (Å²) in [6, 6.07) is 9.76. The standard InChI is InChI=1S/C24H31NO6S/c1-18-16-21(19(2)25(18)14-9-15-30-3)22(26)17-31-23(27)24(12-7-8-13-24)32(28,29)20-10-5-4-6-11-20/h4-6,10-11,16H,7-9,12-15,17H2,1-3H3. The van der Waals surface area contributed by atoms with Gasteiger partial charge in [-0.05, 0) is 51.3 Å². The van der Waals surface area contributed by atoms with Crippen LogP contribution < -0.4 is 0 Å². The zero-order chi connectivity index (χ0) is 23.4. The van der Waals surface area contributed by atoms with Crippen molar-refractivity contribution in [2.45, 2.75) is 62.1 Å². The first kappa shape index (κ1) is 24.2. The predicted molar refractivity (Wildman–Crippen MR) is 121 cm³/mol. The maximum Gasteiger partial charge on any atom is 0.328 e. The van der Waals surface area contributed by atoms with Crippen LogP contribution in [0, 0.1) is 13.8 Å². The number of nitrogens with zero attached hydrogens (tertiary/aromatic N) is 1. The molecule has 0 N–H and O–H groups in total. The monoisotopic (exact) mass is 461 g/mol. The first-order valence-corrected chi connectivity index (χ1v) is 12.4. The molecule has 0 spiro atoms. The van der Waals surface area contributed by atoms with Crippen LogP contribution in [-0.2, 0) is 30.7 Å². The van der Waals surface area contributed by atoms with Crippen LogP contribution in [0.3, 0.4) is 0 Å². The second kappa shape index (κ2) is 10.0. The number of aryl methyl sites for hydroxylation is 1. The van der Waals surface area contributed by atoms with Gasteiger partial charge in [0.2, 0.25) is 5.78 Å². The number of aromatic nitrogens is 1. The fourth-order valence-corrected chi connectivity index (χ4v) is 6.56. The number of Topliss-reactive ketones (excluding diaryl/α,β-unsaturated/α-hetero) is 1. The Bertz CT molecular complexity index is 1070. The third-order valence-corrected chi connectivity index (χ3v) is 8.79. The van der Waals surface area contributed by atoms with Gasteiger partial charge >= 0.3 is 5.97 Å². The Labute approximate surface area is 189 Å². The van der Waals surface area contributed by atoms with Crippen LogP contribution in [0.4, 0.5) is 0 Å². The summed E-state index contributed by atoms with van der Waals surface area (Å²) in [5.41, 5.74) is 2.22. The first-order valence-electron chi connectivity index (χ1n) is 10.9. The van der Waals surface area contributed by atoms with Crippen molar-refractivity contribution in [3.05, 3.63) is 53.3 Å². The lowest BCUT2D eigenvalue weighted by Gasteiger charge is -2.26. The largest absolute Gasteiger partial charge is 0.456 e. The van der Waals surface area contributed by atoms with Gasteiger partial charge in [-0.1, -0.05) is 31.0 Å². The molecule has 32 heavy (non-hydrogen) atoms. The minimum Gasteiger partial charge on any atom is -0.456 e. The van der Waals surface area contributed by atoms with E-state index < -0.39 is 27.2 Å². The van der Waals surface area contributed by atoms with E-state index in [2.05, 4.69) is 0 Å². The van der Waals surface area contributed by atoms with Gasteiger partial charge in [0.05, 0.1) is 4.90 Å². The average molecular weight is 462 g/mol. The molecule has 3 rings (SSSR count). The highest BCUT2D eigenvalue weighted by Gasteiger charge is 2.54. The van der Waals surface area contributed by atoms with Gasteiger partial charge in [0.15, 0.2) is 21.2 Å². The molecule has 1 aliphatic carbocycles. The number of ether oxygens (including phenoxy) is 2. The number of esters is 1. The lowest BCUT2D eigenvalue weighted by Crippen LogP contribution is -2.45. The van der Waals surface area contributed by atoms with Crippen molar-refractivity contribution in [2.24, 2.45) is 0 Å². The summed E-state index contributed by atoms with van der Waals surface area (Å²) in [6.07, 6.45) is 2.46. The van der Waals surface area contributed by atoms with Crippen LogP contribution in [0.5, 0.6) is 0 Å². The van der Waals surface area contributed by atoms with Gasteiger partial charge in [-0.15, -0.1) is 0 Å². The van der Waals surface area contributed by atoms with Crippen molar-refractivity contribution in [3.8, 4) is 0 Å². The molecule has 0 bridgehead atoms. The molecular formula is C24H31NO6S. The van der Waals surface area contributed by atoms with Crippen molar-refractivity contribution in [2.75, 3.05) is 20.3 Å². The Morgan fingerprint density at radius 1 is 1.09 bits per heavy atom. The van der Waals surface area contributed by atoms with Crippen LogP contribution in [-0.4, -0.2) is 49.8 Å².